The monoisotopic (exact) mass is 438 g/mol. The molecule has 0 atom stereocenters. The number of aliphatic hydroxyl groups excluding tert-OH is 2. The van der Waals surface area contributed by atoms with Gasteiger partial charge in [0.25, 0.3) is 0 Å². The molecular formula is C25H30N2O5. The fraction of sp³-hybridized carbons (Fsp3) is 0.280. The number of hydrogen-bond acceptors (Lipinski definition) is 7. The summed E-state index contributed by atoms with van der Waals surface area (Å²) >= 11 is 0. The molecular weight excluding hydrogens is 408 g/mol. The van der Waals surface area contributed by atoms with Gasteiger partial charge >= 0.3 is 0 Å². The third kappa shape index (κ3) is 4.87. The highest BCUT2D eigenvalue weighted by molar-refractivity contribution is 5.53. The molecule has 0 bridgehead atoms. The molecule has 3 aromatic carbocycles. The molecule has 0 fully saturated rings. The summed E-state index contributed by atoms with van der Waals surface area (Å²) in [6.45, 7) is 1.78. The van der Waals surface area contributed by atoms with Gasteiger partial charge in [0, 0.05) is 37.1 Å². The van der Waals surface area contributed by atoms with Crippen molar-refractivity contribution in [3.8, 4) is 17.2 Å². The van der Waals surface area contributed by atoms with Crippen molar-refractivity contribution in [1.29, 1.82) is 0 Å². The number of phenols is 3. The van der Waals surface area contributed by atoms with Crippen LogP contribution in [0.4, 0.5) is 0 Å². The van der Waals surface area contributed by atoms with Gasteiger partial charge in [-0.25, -0.2) is 0 Å². The molecule has 0 aliphatic carbocycles. The van der Waals surface area contributed by atoms with E-state index < -0.39 is 0 Å². The van der Waals surface area contributed by atoms with Gasteiger partial charge in [-0.1, -0.05) is 29.8 Å². The Morgan fingerprint density at radius 2 is 0.875 bits per heavy atom. The summed E-state index contributed by atoms with van der Waals surface area (Å²) in [7, 11) is 0. The molecule has 0 aliphatic heterocycles. The maximum Gasteiger partial charge on any atom is 0.124 e. The summed E-state index contributed by atoms with van der Waals surface area (Å²) in [6, 6.07) is 10.5. The smallest absolute Gasteiger partial charge is 0.124 e. The second kappa shape index (κ2) is 10.0. The number of aliphatic hydroxyl groups is 2. The Labute approximate surface area is 187 Å². The Morgan fingerprint density at radius 3 is 1.22 bits per heavy atom. The number of nitrogens with two attached hydrogens (primary N) is 2. The maximum absolute atomic E-state index is 11.0. The van der Waals surface area contributed by atoms with E-state index in [1.54, 1.807) is 24.3 Å². The quantitative estimate of drug-likeness (QED) is 0.284. The van der Waals surface area contributed by atoms with Crippen LogP contribution in [0.25, 0.3) is 0 Å². The minimum Gasteiger partial charge on any atom is -0.507 e. The van der Waals surface area contributed by atoms with Gasteiger partial charge in [0.05, 0.1) is 13.2 Å². The summed E-state index contributed by atoms with van der Waals surface area (Å²) in [6.07, 6.45) is 0.480. The van der Waals surface area contributed by atoms with Crippen LogP contribution < -0.4 is 11.5 Å². The van der Waals surface area contributed by atoms with E-state index in [0.717, 1.165) is 16.7 Å². The van der Waals surface area contributed by atoms with Crippen molar-refractivity contribution in [2.75, 3.05) is 0 Å². The van der Waals surface area contributed by atoms with Crippen LogP contribution in [0.3, 0.4) is 0 Å². The molecule has 3 aromatic rings. The summed E-state index contributed by atoms with van der Waals surface area (Å²) < 4.78 is 0. The lowest BCUT2D eigenvalue weighted by Crippen LogP contribution is -2.03. The van der Waals surface area contributed by atoms with Crippen molar-refractivity contribution < 1.29 is 25.5 Å². The number of aryl methyl sites for hydroxylation is 1. The van der Waals surface area contributed by atoms with E-state index >= 15 is 0 Å². The van der Waals surface area contributed by atoms with E-state index in [1.807, 2.05) is 19.1 Å². The zero-order valence-electron chi connectivity index (χ0n) is 18.1. The second-order valence-electron chi connectivity index (χ2n) is 8.04. The Hall–Kier alpha value is -3.10. The minimum atomic E-state index is -0.318. The fourth-order valence-electron chi connectivity index (χ4n) is 4.02. The van der Waals surface area contributed by atoms with Gasteiger partial charge in [-0.15, -0.1) is 0 Å². The van der Waals surface area contributed by atoms with Gasteiger partial charge in [-0.3, -0.25) is 0 Å². The molecule has 170 valence electrons. The molecule has 0 amide bonds. The van der Waals surface area contributed by atoms with E-state index in [9.17, 15) is 25.5 Å². The molecule has 3 rings (SSSR count). The first-order valence-corrected chi connectivity index (χ1v) is 10.4. The second-order valence-corrected chi connectivity index (χ2v) is 8.04. The molecule has 0 radical (unpaired) electrons. The van der Waals surface area contributed by atoms with Crippen LogP contribution in [-0.2, 0) is 39.1 Å². The molecule has 7 nitrogen and oxygen atoms in total. The van der Waals surface area contributed by atoms with Gasteiger partial charge in [0.15, 0.2) is 0 Å². The first-order chi connectivity index (χ1) is 15.3. The summed E-state index contributed by atoms with van der Waals surface area (Å²) in [5, 5.41) is 51.2. The maximum atomic E-state index is 11.0. The Morgan fingerprint density at radius 1 is 0.562 bits per heavy atom. The van der Waals surface area contributed by atoms with Crippen molar-refractivity contribution in [2.45, 2.75) is 46.1 Å². The third-order valence-corrected chi connectivity index (χ3v) is 5.64. The zero-order chi connectivity index (χ0) is 23.4. The van der Waals surface area contributed by atoms with E-state index in [1.165, 1.54) is 0 Å². The number of benzene rings is 3. The van der Waals surface area contributed by atoms with Crippen molar-refractivity contribution in [3.05, 3.63) is 86.5 Å². The number of hydrogen-bond donors (Lipinski definition) is 7. The minimum absolute atomic E-state index is 0.0203. The van der Waals surface area contributed by atoms with Gasteiger partial charge in [0.1, 0.15) is 17.2 Å². The van der Waals surface area contributed by atoms with E-state index in [0.29, 0.717) is 33.4 Å². The highest BCUT2D eigenvalue weighted by atomic mass is 16.3. The molecule has 0 spiro atoms. The predicted octanol–water partition coefficient (Wildman–Crippen LogP) is 2.20. The van der Waals surface area contributed by atoms with Gasteiger partial charge < -0.3 is 37.0 Å². The highest BCUT2D eigenvalue weighted by Gasteiger charge is 2.17. The normalized spacial score (nSPS) is 11.2. The Kier molecular flexibility index (Phi) is 7.37. The van der Waals surface area contributed by atoms with Crippen LogP contribution in [0.2, 0.25) is 0 Å². The Bertz CT molecular complexity index is 1040. The standard InChI is InChI=1S/C25H30N2O5/c1-14-2-17(8-19-4-15(10-26)6-21(12-28)24(19)31)23(30)18(3-14)9-20-5-16(11-27)7-22(13-29)25(20)32/h2-7,28-32H,8-13,26-27H2,1H3. The third-order valence-electron chi connectivity index (χ3n) is 5.64. The SMILES string of the molecule is Cc1cc(Cc2cc(CN)cc(CO)c2O)c(O)c(Cc2cc(CN)cc(CO)c2O)c1. The zero-order valence-corrected chi connectivity index (χ0v) is 18.1. The van der Waals surface area contributed by atoms with Crippen LogP contribution in [-0.4, -0.2) is 25.5 Å². The molecule has 0 aromatic heterocycles. The molecule has 0 heterocycles. The van der Waals surface area contributed by atoms with Gasteiger partial charge in [0.2, 0.25) is 0 Å². The average Bonchev–Trinajstić information content (AvgIpc) is 2.79. The fourth-order valence-corrected chi connectivity index (χ4v) is 4.02. The summed E-state index contributed by atoms with van der Waals surface area (Å²) in [5.74, 6) is 0.0165. The van der Waals surface area contributed by atoms with Crippen molar-refractivity contribution in [2.24, 2.45) is 11.5 Å². The molecule has 32 heavy (non-hydrogen) atoms. The lowest BCUT2D eigenvalue weighted by molar-refractivity contribution is 0.274. The van der Waals surface area contributed by atoms with Crippen LogP contribution in [0, 0.1) is 6.92 Å². The van der Waals surface area contributed by atoms with E-state index in [4.69, 9.17) is 11.5 Å². The van der Waals surface area contributed by atoms with Gasteiger partial charge in [-0.05, 0) is 52.4 Å². The molecule has 0 saturated carbocycles. The number of phenolic OH excluding ortho intramolecular Hbond substituents is 1. The lowest BCUT2D eigenvalue weighted by atomic mass is 9.92. The Balaban J connectivity index is 2.03. The van der Waals surface area contributed by atoms with E-state index in [2.05, 4.69) is 0 Å². The largest absolute Gasteiger partial charge is 0.507 e. The molecule has 0 aliphatic rings. The van der Waals surface area contributed by atoms with Crippen LogP contribution in [0.5, 0.6) is 17.2 Å². The first kappa shape index (κ1) is 23.6. The molecule has 9 N–H and O–H groups in total. The van der Waals surface area contributed by atoms with Gasteiger partial charge in [-0.2, -0.15) is 0 Å². The number of aromatic hydroxyl groups is 3. The van der Waals surface area contributed by atoms with Crippen molar-refractivity contribution in [1.82, 2.24) is 0 Å². The number of rotatable bonds is 8. The topological polar surface area (TPSA) is 153 Å². The molecule has 0 unspecified atom stereocenters. The van der Waals surface area contributed by atoms with E-state index in [-0.39, 0.29) is 56.4 Å². The average molecular weight is 439 g/mol. The van der Waals surface area contributed by atoms with Crippen LogP contribution >= 0.6 is 0 Å². The lowest BCUT2D eigenvalue weighted by Gasteiger charge is -2.16. The van der Waals surface area contributed by atoms with Crippen molar-refractivity contribution >= 4 is 0 Å². The highest BCUT2D eigenvalue weighted by Crippen LogP contribution is 2.35. The predicted molar refractivity (Wildman–Crippen MR) is 122 cm³/mol. The molecule has 0 saturated heterocycles. The summed E-state index contributed by atoms with van der Waals surface area (Å²) in [4.78, 5) is 0. The molecule has 7 heteroatoms. The summed E-state index contributed by atoms with van der Waals surface area (Å²) in [5.41, 5.74) is 17.0. The first-order valence-electron chi connectivity index (χ1n) is 10.4. The van der Waals surface area contributed by atoms with Crippen molar-refractivity contribution in [3.63, 3.8) is 0 Å². The van der Waals surface area contributed by atoms with Crippen LogP contribution in [0.15, 0.2) is 36.4 Å². The van der Waals surface area contributed by atoms with Crippen LogP contribution in [0.1, 0.15) is 50.1 Å².